The standard InChI is InChI=1S/C24H21N5/c1-15(2)24-19-10-8-17(12-22(19)27-29-24)21-13-23(28-26-21)20-11-9-18(14-25-20)16-6-4-3-5-7-16/h3-15,24H,1-2H3,(H,26,28). The van der Waals surface area contributed by atoms with Crippen LogP contribution in [0.2, 0.25) is 0 Å². The first-order chi connectivity index (χ1) is 14.2. The Morgan fingerprint density at radius 2 is 1.66 bits per heavy atom. The van der Waals surface area contributed by atoms with E-state index in [9.17, 15) is 0 Å². The van der Waals surface area contributed by atoms with E-state index >= 15 is 0 Å². The minimum absolute atomic E-state index is 0.154. The second-order valence-corrected chi connectivity index (χ2v) is 7.64. The summed E-state index contributed by atoms with van der Waals surface area (Å²) in [6.07, 6.45) is 1.90. The molecular weight excluding hydrogens is 358 g/mol. The average molecular weight is 379 g/mol. The van der Waals surface area contributed by atoms with Gasteiger partial charge in [-0.3, -0.25) is 10.1 Å². The highest BCUT2D eigenvalue weighted by molar-refractivity contribution is 5.71. The van der Waals surface area contributed by atoms with Crippen molar-refractivity contribution in [2.45, 2.75) is 19.9 Å². The lowest BCUT2D eigenvalue weighted by molar-refractivity contribution is 0.515. The van der Waals surface area contributed by atoms with Crippen LogP contribution >= 0.6 is 0 Å². The fourth-order valence-electron chi connectivity index (χ4n) is 3.67. The number of azo groups is 1. The molecule has 1 aliphatic rings. The Kier molecular flexibility index (Phi) is 4.28. The van der Waals surface area contributed by atoms with E-state index in [1.807, 2.05) is 36.5 Å². The smallest absolute Gasteiger partial charge is 0.101 e. The molecule has 3 heterocycles. The molecule has 0 radical (unpaired) electrons. The number of aromatic amines is 1. The first kappa shape index (κ1) is 17.5. The summed E-state index contributed by atoms with van der Waals surface area (Å²) in [5.74, 6) is 0.438. The largest absolute Gasteiger partial charge is 0.276 e. The number of hydrogen-bond acceptors (Lipinski definition) is 4. The first-order valence-electron chi connectivity index (χ1n) is 9.81. The highest BCUT2D eigenvalue weighted by atomic mass is 15.2. The lowest BCUT2D eigenvalue weighted by Gasteiger charge is -2.11. The molecule has 0 bridgehead atoms. The van der Waals surface area contributed by atoms with Gasteiger partial charge in [0.05, 0.1) is 22.8 Å². The Labute approximate surface area is 169 Å². The van der Waals surface area contributed by atoms with Crippen LogP contribution in [0.3, 0.4) is 0 Å². The number of aromatic nitrogens is 3. The molecule has 4 aromatic rings. The summed E-state index contributed by atoms with van der Waals surface area (Å²) in [7, 11) is 0. The van der Waals surface area contributed by atoms with Gasteiger partial charge in [0.25, 0.3) is 0 Å². The van der Waals surface area contributed by atoms with E-state index in [-0.39, 0.29) is 6.04 Å². The Bertz CT molecular complexity index is 1170. The highest BCUT2D eigenvalue weighted by Gasteiger charge is 2.24. The van der Waals surface area contributed by atoms with Crippen LogP contribution in [0.5, 0.6) is 0 Å². The van der Waals surface area contributed by atoms with Crippen molar-refractivity contribution in [2.75, 3.05) is 0 Å². The fraction of sp³-hybridized carbons (Fsp3) is 0.167. The van der Waals surface area contributed by atoms with E-state index in [4.69, 9.17) is 0 Å². The maximum atomic E-state index is 4.61. The summed E-state index contributed by atoms with van der Waals surface area (Å²) in [6.45, 7) is 4.34. The van der Waals surface area contributed by atoms with Crippen LogP contribution in [-0.4, -0.2) is 15.2 Å². The highest BCUT2D eigenvalue weighted by Crippen LogP contribution is 2.41. The molecule has 1 unspecified atom stereocenters. The van der Waals surface area contributed by atoms with Gasteiger partial charge in [0.1, 0.15) is 6.04 Å². The monoisotopic (exact) mass is 379 g/mol. The van der Waals surface area contributed by atoms with Gasteiger partial charge in [-0.05, 0) is 29.7 Å². The fourth-order valence-corrected chi connectivity index (χ4v) is 3.67. The summed E-state index contributed by atoms with van der Waals surface area (Å²) in [5, 5.41) is 16.4. The molecule has 0 saturated carbocycles. The molecule has 5 rings (SSSR count). The predicted molar refractivity (Wildman–Crippen MR) is 115 cm³/mol. The molecule has 0 fully saturated rings. The van der Waals surface area contributed by atoms with Crippen LogP contribution in [-0.2, 0) is 0 Å². The van der Waals surface area contributed by atoms with E-state index < -0.39 is 0 Å². The van der Waals surface area contributed by atoms with Crippen LogP contribution in [0, 0.1) is 5.92 Å². The molecule has 0 saturated heterocycles. The van der Waals surface area contributed by atoms with Crippen molar-refractivity contribution < 1.29 is 0 Å². The van der Waals surface area contributed by atoms with Crippen molar-refractivity contribution in [1.29, 1.82) is 0 Å². The summed E-state index contributed by atoms with van der Waals surface area (Å²) >= 11 is 0. The molecule has 2 aromatic carbocycles. The van der Waals surface area contributed by atoms with Crippen molar-refractivity contribution in [1.82, 2.24) is 15.2 Å². The zero-order valence-electron chi connectivity index (χ0n) is 16.4. The van der Waals surface area contributed by atoms with E-state index in [1.165, 1.54) is 5.56 Å². The summed E-state index contributed by atoms with van der Waals surface area (Å²) in [5.41, 5.74) is 8.04. The maximum Gasteiger partial charge on any atom is 0.101 e. The van der Waals surface area contributed by atoms with E-state index in [1.54, 1.807) is 0 Å². The molecule has 5 heteroatoms. The number of hydrogen-bond donors (Lipinski definition) is 1. The quantitative estimate of drug-likeness (QED) is 0.434. The average Bonchev–Trinajstić information content (AvgIpc) is 3.41. The van der Waals surface area contributed by atoms with E-state index in [0.29, 0.717) is 5.92 Å². The Morgan fingerprint density at radius 3 is 2.41 bits per heavy atom. The van der Waals surface area contributed by atoms with Gasteiger partial charge in [-0.15, -0.1) is 0 Å². The van der Waals surface area contributed by atoms with Crippen molar-refractivity contribution in [3.05, 3.63) is 78.5 Å². The van der Waals surface area contributed by atoms with Crippen LogP contribution in [0.4, 0.5) is 5.69 Å². The van der Waals surface area contributed by atoms with Crippen molar-refractivity contribution in [3.63, 3.8) is 0 Å². The number of nitrogens with zero attached hydrogens (tertiary/aromatic N) is 4. The van der Waals surface area contributed by atoms with Crippen molar-refractivity contribution in [2.24, 2.45) is 16.1 Å². The molecule has 0 amide bonds. The topological polar surface area (TPSA) is 66.3 Å². The minimum atomic E-state index is 0.154. The van der Waals surface area contributed by atoms with Gasteiger partial charge >= 0.3 is 0 Å². The number of H-pyrrole nitrogens is 1. The van der Waals surface area contributed by atoms with Gasteiger partial charge in [0.15, 0.2) is 0 Å². The minimum Gasteiger partial charge on any atom is -0.276 e. The SMILES string of the molecule is CC(C)C1N=Nc2cc(-c3cc(-c4ccc(-c5ccccc5)cn4)[nH]n3)ccc21. The van der Waals surface area contributed by atoms with Crippen LogP contribution in [0.15, 0.2) is 83.2 Å². The number of pyridine rings is 1. The molecule has 0 aliphatic carbocycles. The normalized spacial score (nSPS) is 15.1. The predicted octanol–water partition coefficient (Wildman–Crippen LogP) is 6.60. The lowest BCUT2D eigenvalue weighted by Crippen LogP contribution is -2.00. The molecule has 5 nitrogen and oxygen atoms in total. The third-order valence-electron chi connectivity index (χ3n) is 5.29. The summed E-state index contributed by atoms with van der Waals surface area (Å²) < 4.78 is 0. The molecule has 142 valence electrons. The zero-order chi connectivity index (χ0) is 19.8. The number of fused-ring (bicyclic) bond motifs is 1. The second kappa shape index (κ2) is 7.09. The zero-order valence-corrected chi connectivity index (χ0v) is 16.4. The van der Waals surface area contributed by atoms with Gasteiger partial charge in [0, 0.05) is 22.9 Å². The number of nitrogens with one attached hydrogen (secondary N) is 1. The Hall–Kier alpha value is -3.60. The third-order valence-corrected chi connectivity index (χ3v) is 5.29. The Balaban J connectivity index is 1.41. The van der Waals surface area contributed by atoms with Crippen molar-refractivity contribution in [3.8, 4) is 33.8 Å². The summed E-state index contributed by atoms with van der Waals surface area (Å²) in [4.78, 5) is 4.61. The van der Waals surface area contributed by atoms with E-state index in [2.05, 4.69) is 75.7 Å². The van der Waals surface area contributed by atoms with Crippen LogP contribution < -0.4 is 0 Å². The van der Waals surface area contributed by atoms with Gasteiger partial charge < -0.3 is 0 Å². The first-order valence-corrected chi connectivity index (χ1v) is 9.81. The molecular formula is C24H21N5. The molecule has 29 heavy (non-hydrogen) atoms. The number of rotatable bonds is 4. The van der Waals surface area contributed by atoms with Gasteiger partial charge in [-0.2, -0.15) is 15.3 Å². The number of benzene rings is 2. The molecule has 1 aliphatic heterocycles. The second-order valence-electron chi connectivity index (χ2n) is 7.64. The molecule has 2 aromatic heterocycles. The molecule has 1 atom stereocenters. The molecule has 0 spiro atoms. The van der Waals surface area contributed by atoms with E-state index in [0.717, 1.165) is 39.5 Å². The Morgan fingerprint density at radius 1 is 0.828 bits per heavy atom. The van der Waals surface area contributed by atoms with Crippen molar-refractivity contribution >= 4 is 5.69 Å². The molecule has 1 N–H and O–H groups in total. The third kappa shape index (κ3) is 3.25. The van der Waals surface area contributed by atoms with Crippen LogP contribution in [0.25, 0.3) is 33.8 Å². The lowest BCUT2D eigenvalue weighted by atomic mass is 9.95. The maximum absolute atomic E-state index is 4.61. The van der Waals surface area contributed by atoms with Crippen LogP contribution in [0.1, 0.15) is 25.5 Å². The van der Waals surface area contributed by atoms with Gasteiger partial charge in [-0.1, -0.05) is 62.4 Å². The summed E-state index contributed by atoms with van der Waals surface area (Å²) in [6, 6.07) is 22.8. The van der Waals surface area contributed by atoms with Gasteiger partial charge in [0.2, 0.25) is 0 Å². The van der Waals surface area contributed by atoms with Gasteiger partial charge in [-0.25, -0.2) is 0 Å².